The molecule has 0 heterocycles. The summed E-state index contributed by atoms with van der Waals surface area (Å²) < 4.78 is 4.33. The van der Waals surface area contributed by atoms with Crippen LogP contribution in [0.2, 0.25) is 0 Å². The number of carbonyl (C=O) groups excluding carboxylic acids is 2. The Bertz CT molecular complexity index is 311. The van der Waals surface area contributed by atoms with Crippen LogP contribution in [0.25, 0.3) is 5.53 Å². The lowest BCUT2D eigenvalue weighted by Crippen LogP contribution is -2.14. The first kappa shape index (κ1) is 11.3. The van der Waals surface area contributed by atoms with Crippen molar-refractivity contribution in [3.05, 3.63) is 17.2 Å². The average molecular weight is 182 g/mol. The molecule has 0 N–H and O–H groups in total. The van der Waals surface area contributed by atoms with E-state index in [4.69, 9.17) is 5.53 Å². The molecule has 0 aromatic rings. The zero-order valence-corrected chi connectivity index (χ0v) is 7.70. The van der Waals surface area contributed by atoms with Gasteiger partial charge in [0.25, 0.3) is 0 Å². The number of esters is 1. The summed E-state index contributed by atoms with van der Waals surface area (Å²) in [6.07, 6.45) is 1.08. The third-order valence-corrected chi connectivity index (χ3v) is 1.34. The fourth-order valence-corrected chi connectivity index (χ4v) is 0.731. The molecule has 0 saturated heterocycles. The van der Waals surface area contributed by atoms with Gasteiger partial charge in [-0.25, -0.2) is 4.79 Å². The summed E-state index contributed by atoms with van der Waals surface area (Å²) in [6.45, 7) is 2.72. The fourth-order valence-electron chi connectivity index (χ4n) is 0.731. The van der Waals surface area contributed by atoms with Gasteiger partial charge in [0.15, 0.2) is 0 Å². The number of ketones is 1. The van der Waals surface area contributed by atoms with Crippen LogP contribution in [0.5, 0.6) is 0 Å². The van der Waals surface area contributed by atoms with Crippen molar-refractivity contribution in [3.8, 4) is 0 Å². The number of carbonyl (C=O) groups is 2. The Morgan fingerprint density at radius 2 is 1.92 bits per heavy atom. The molecule has 0 aromatic carbocycles. The Morgan fingerprint density at radius 3 is 2.23 bits per heavy atom. The topological polar surface area (TPSA) is 79.8 Å². The second-order valence-corrected chi connectivity index (χ2v) is 2.36. The van der Waals surface area contributed by atoms with Gasteiger partial charge >= 0.3 is 11.7 Å². The number of hydrogen-bond donors (Lipinski definition) is 0. The van der Waals surface area contributed by atoms with Crippen molar-refractivity contribution in [2.45, 2.75) is 13.8 Å². The first-order valence-electron chi connectivity index (χ1n) is 3.52. The van der Waals surface area contributed by atoms with E-state index in [0.29, 0.717) is 0 Å². The van der Waals surface area contributed by atoms with Crippen LogP contribution in [0, 0.1) is 0 Å². The normalized spacial score (nSPS) is 10.2. The molecule has 0 spiro atoms. The molecule has 0 unspecified atom stereocenters. The molecule has 0 amide bonds. The summed E-state index contributed by atoms with van der Waals surface area (Å²) in [7, 11) is 1.22. The van der Waals surface area contributed by atoms with E-state index < -0.39 is 11.8 Å². The predicted molar refractivity (Wildman–Crippen MR) is 45.1 cm³/mol. The van der Waals surface area contributed by atoms with Crippen LogP contribution in [0.4, 0.5) is 0 Å². The minimum Gasteiger partial charge on any atom is -0.466 e. The summed E-state index contributed by atoms with van der Waals surface area (Å²) in [6, 6.07) is 0. The van der Waals surface area contributed by atoms with Gasteiger partial charge in [0.2, 0.25) is 5.78 Å². The van der Waals surface area contributed by atoms with Gasteiger partial charge in [-0.3, -0.25) is 4.79 Å². The van der Waals surface area contributed by atoms with Gasteiger partial charge in [0.1, 0.15) is 0 Å². The first-order valence-corrected chi connectivity index (χ1v) is 3.52. The Hall–Kier alpha value is -1.74. The molecule has 0 bridgehead atoms. The third-order valence-electron chi connectivity index (χ3n) is 1.34. The number of nitrogens with zero attached hydrogens (tertiary/aromatic N) is 2. The number of ether oxygens (including phenoxy) is 1. The lowest BCUT2D eigenvalue weighted by Gasteiger charge is -1.92. The van der Waals surface area contributed by atoms with Crippen LogP contribution in [-0.4, -0.2) is 29.4 Å². The van der Waals surface area contributed by atoms with Gasteiger partial charge < -0.3 is 10.3 Å². The maximum atomic E-state index is 10.8. The van der Waals surface area contributed by atoms with Crippen molar-refractivity contribution in [1.29, 1.82) is 0 Å². The van der Waals surface area contributed by atoms with E-state index in [1.54, 1.807) is 0 Å². The molecule has 0 atom stereocenters. The molecule has 5 heteroatoms. The number of allylic oxidation sites excluding steroid dienone is 1. The average Bonchev–Trinajstić information content (AvgIpc) is 2.04. The van der Waals surface area contributed by atoms with E-state index in [-0.39, 0.29) is 11.3 Å². The van der Waals surface area contributed by atoms with Crippen molar-refractivity contribution >= 4 is 17.5 Å². The maximum absolute atomic E-state index is 10.8. The van der Waals surface area contributed by atoms with E-state index in [2.05, 4.69) is 9.53 Å². The molecule has 5 nitrogen and oxygen atoms in total. The van der Waals surface area contributed by atoms with Gasteiger partial charge in [-0.2, -0.15) is 4.79 Å². The van der Waals surface area contributed by atoms with E-state index in [0.717, 1.165) is 6.08 Å². The largest absolute Gasteiger partial charge is 0.466 e. The Kier molecular flexibility index (Phi) is 4.33. The van der Waals surface area contributed by atoms with Crippen molar-refractivity contribution < 1.29 is 19.1 Å². The fraction of sp³-hybridized carbons (Fsp3) is 0.375. The monoisotopic (exact) mass is 182 g/mol. The highest BCUT2D eigenvalue weighted by Crippen LogP contribution is 1.96. The van der Waals surface area contributed by atoms with Crippen LogP contribution in [-0.2, 0) is 14.3 Å². The summed E-state index contributed by atoms with van der Waals surface area (Å²) in [4.78, 5) is 24.3. The van der Waals surface area contributed by atoms with Gasteiger partial charge in [-0.1, -0.05) is 0 Å². The first-order chi connectivity index (χ1) is 6.02. The smallest absolute Gasteiger partial charge is 0.360 e. The Morgan fingerprint density at radius 1 is 1.38 bits per heavy atom. The second kappa shape index (κ2) is 5.00. The molecule has 0 aliphatic carbocycles. The molecule has 0 radical (unpaired) electrons. The highest BCUT2D eigenvalue weighted by molar-refractivity contribution is 6.43. The van der Waals surface area contributed by atoms with Crippen molar-refractivity contribution in [3.63, 3.8) is 0 Å². The molecule has 0 saturated carbocycles. The van der Waals surface area contributed by atoms with E-state index in [1.807, 2.05) is 0 Å². The highest BCUT2D eigenvalue weighted by Gasteiger charge is 2.18. The quantitative estimate of drug-likeness (QED) is 0.208. The zero-order chi connectivity index (χ0) is 10.4. The summed E-state index contributed by atoms with van der Waals surface area (Å²) in [5.41, 5.74) is 8.54. The molecule has 0 fully saturated rings. The minimum atomic E-state index is -0.597. The predicted octanol–water partition coefficient (Wildman–Crippen LogP) is 0.365. The molecular weight excluding hydrogens is 172 g/mol. The summed E-state index contributed by atoms with van der Waals surface area (Å²) in [5.74, 6) is -1.01. The number of hydrogen-bond acceptors (Lipinski definition) is 3. The number of rotatable bonds is 3. The molecule has 0 aliphatic heterocycles. The zero-order valence-electron chi connectivity index (χ0n) is 7.70. The lowest BCUT2D eigenvalue weighted by atomic mass is 10.1. The second-order valence-electron chi connectivity index (χ2n) is 2.36. The molecule has 0 aromatic heterocycles. The minimum absolute atomic E-state index is 0.148. The van der Waals surface area contributed by atoms with Gasteiger partial charge in [-0.05, 0) is 6.92 Å². The SMILES string of the molecule is COC(=O)/C=C(\C)C(=[N+]=[N-])C(C)=O. The van der Waals surface area contributed by atoms with Gasteiger partial charge in [-0.15, -0.1) is 0 Å². The maximum Gasteiger partial charge on any atom is 0.360 e. The summed E-state index contributed by atoms with van der Waals surface area (Å²) in [5, 5.41) is 0. The molecule has 0 rings (SSSR count). The highest BCUT2D eigenvalue weighted by atomic mass is 16.5. The van der Waals surface area contributed by atoms with Crippen LogP contribution >= 0.6 is 0 Å². The van der Waals surface area contributed by atoms with Crippen LogP contribution in [0.15, 0.2) is 11.6 Å². The van der Waals surface area contributed by atoms with E-state index >= 15 is 0 Å². The Balaban J connectivity index is 4.87. The van der Waals surface area contributed by atoms with E-state index in [9.17, 15) is 9.59 Å². The van der Waals surface area contributed by atoms with Gasteiger partial charge in [0.05, 0.1) is 7.11 Å². The van der Waals surface area contributed by atoms with Crippen LogP contribution in [0.1, 0.15) is 13.8 Å². The lowest BCUT2D eigenvalue weighted by molar-refractivity contribution is -0.134. The third kappa shape index (κ3) is 3.44. The Labute approximate surface area is 75.6 Å². The molecule has 13 heavy (non-hydrogen) atoms. The van der Waals surface area contributed by atoms with Crippen molar-refractivity contribution in [2.24, 2.45) is 0 Å². The van der Waals surface area contributed by atoms with Crippen LogP contribution < -0.4 is 0 Å². The molecule has 70 valence electrons. The van der Waals surface area contributed by atoms with Gasteiger partial charge in [0, 0.05) is 18.6 Å². The summed E-state index contributed by atoms with van der Waals surface area (Å²) >= 11 is 0. The van der Waals surface area contributed by atoms with E-state index in [1.165, 1.54) is 21.0 Å². The number of Topliss-reactive ketones (excluding diaryl/α,β-unsaturated/α-hetero) is 1. The number of methoxy groups -OCH3 is 1. The van der Waals surface area contributed by atoms with Crippen molar-refractivity contribution in [2.75, 3.05) is 7.11 Å². The van der Waals surface area contributed by atoms with Crippen LogP contribution in [0.3, 0.4) is 0 Å². The van der Waals surface area contributed by atoms with Crippen molar-refractivity contribution in [1.82, 2.24) is 0 Å². The standard InChI is InChI=1S/C8H10N2O3/c1-5(4-7(12)13-3)8(10-9)6(2)11/h4H,1-3H3/b5-4+. The molecular formula is C8H10N2O3. The molecule has 0 aliphatic rings.